The number of carboxylic acid groups (broad SMARTS) is 1. The van der Waals surface area contributed by atoms with E-state index in [0.29, 0.717) is 5.56 Å². The Hall–Kier alpha value is -1.07. The fraction of sp³-hybridized carbons (Fsp3) is 0.500. The van der Waals surface area contributed by atoms with Gasteiger partial charge in [0.25, 0.3) is 0 Å². The lowest BCUT2D eigenvalue weighted by Gasteiger charge is -2.36. The van der Waals surface area contributed by atoms with E-state index in [1.165, 1.54) is 12.8 Å². The van der Waals surface area contributed by atoms with Crippen molar-refractivity contribution in [2.45, 2.75) is 18.9 Å². The number of carboxylic acids is 1. The highest BCUT2D eigenvalue weighted by atomic mass is 79.9. The normalized spacial score (nSPS) is 20.6. The van der Waals surface area contributed by atoms with Gasteiger partial charge in [-0.3, -0.25) is 4.90 Å². The number of nitrogens with zero attached hydrogens (tertiary/aromatic N) is 2. The van der Waals surface area contributed by atoms with Crippen LogP contribution in [0.5, 0.6) is 0 Å². The van der Waals surface area contributed by atoms with Crippen molar-refractivity contribution < 1.29 is 9.90 Å². The molecule has 1 aromatic carbocycles. The molecular weight excluding hydrogens is 308 g/mol. The highest BCUT2D eigenvalue weighted by molar-refractivity contribution is 9.10. The van der Waals surface area contributed by atoms with Crippen LogP contribution >= 0.6 is 15.9 Å². The van der Waals surface area contributed by atoms with Crippen LogP contribution in [0.2, 0.25) is 0 Å². The average molecular weight is 325 g/mol. The van der Waals surface area contributed by atoms with Gasteiger partial charge in [0.05, 0.1) is 11.3 Å². The summed E-state index contributed by atoms with van der Waals surface area (Å²) < 4.78 is 0.868. The summed E-state index contributed by atoms with van der Waals surface area (Å²) in [7, 11) is 0. The number of aromatic carboxylic acids is 1. The predicted octanol–water partition coefficient (Wildman–Crippen LogP) is 2.43. The van der Waals surface area contributed by atoms with Crippen LogP contribution in [0.4, 0.5) is 5.69 Å². The molecule has 2 fully saturated rings. The zero-order valence-electron chi connectivity index (χ0n) is 10.7. The predicted molar refractivity (Wildman–Crippen MR) is 77.9 cm³/mol. The lowest BCUT2D eigenvalue weighted by Crippen LogP contribution is -2.47. The van der Waals surface area contributed by atoms with Gasteiger partial charge in [0.2, 0.25) is 0 Å². The highest BCUT2D eigenvalue weighted by Crippen LogP contribution is 2.31. The summed E-state index contributed by atoms with van der Waals surface area (Å²) in [4.78, 5) is 15.8. The molecule has 1 aliphatic carbocycles. The topological polar surface area (TPSA) is 43.8 Å². The maximum Gasteiger partial charge on any atom is 0.335 e. The van der Waals surface area contributed by atoms with E-state index in [1.54, 1.807) is 12.1 Å². The molecule has 0 aromatic heterocycles. The van der Waals surface area contributed by atoms with Gasteiger partial charge in [-0.1, -0.05) is 0 Å². The van der Waals surface area contributed by atoms with Crippen molar-refractivity contribution in [3.63, 3.8) is 0 Å². The van der Waals surface area contributed by atoms with Crippen molar-refractivity contribution in [1.82, 2.24) is 4.90 Å². The highest BCUT2D eigenvalue weighted by Gasteiger charge is 2.31. The molecule has 1 saturated heterocycles. The van der Waals surface area contributed by atoms with Gasteiger partial charge in [-0.25, -0.2) is 4.79 Å². The number of hydrogen-bond donors (Lipinski definition) is 1. The fourth-order valence-electron chi connectivity index (χ4n) is 2.66. The molecule has 1 aromatic rings. The first kappa shape index (κ1) is 12.9. The van der Waals surface area contributed by atoms with Gasteiger partial charge < -0.3 is 10.0 Å². The third kappa shape index (κ3) is 2.77. The molecule has 1 N–H and O–H groups in total. The number of hydrogen-bond acceptors (Lipinski definition) is 3. The van der Waals surface area contributed by atoms with Gasteiger partial charge in [0, 0.05) is 36.7 Å². The first-order valence-electron chi connectivity index (χ1n) is 6.67. The monoisotopic (exact) mass is 324 g/mol. The Kier molecular flexibility index (Phi) is 3.50. The van der Waals surface area contributed by atoms with Crippen LogP contribution in [-0.2, 0) is 0 Å². The quantitative estimate of drug-likeness (QED) is 0.927. The van der Waals surface area contributed by atoms with E-state index in [9.17, 15) is 4.79 Å². The molecule has 0 spiro atoms. The molecule has 1 aliphatic heterocycles. The molecule has 4 nitrogen and oxygen atoms in total. The largest absolute Gasteiger partial charge is 0.478 e. The molecule has 19 heavy (non-hydrogen) atoms. The Balaban J connectivity index is 1.70. The van der Waals surface area contributed by atoms with Crippen molar-refractivity contribution in [2.75, 3.05) is 31.1 Å². The molecule has 0 bridgehead atoms. The third-order valence-electron chi connectivity index (χ3n) is 3.91. The standard InChI is InChI=1S/C14H17BrN2O2/c15-12-9-10(14(18)19)1-4-13(12)17-7-5-16(6-8-17)11-2-3-11/h1,4,9,11H,2-3,5-8H2,(H,18,19). The summed E-state index contributed by atoms with van der Waals surface area (Å²) in [5.74, 6) is -0.884. The molecule has 0 amide bonds. The van der Waals surface area contributed by atoms with Crippen molar-refractivity contribution in [3.05, 3.63) is 28.2 Å². The van der Waals surface area contributed by atoms with Gasteiger partial charge in [-0.15, -0.1) is 0 Å². The van der Waals surface area contributed by atoms with E-state index in [0.717, 1.165) is 42.4 Å². The second-order valence-electron chi connectivity index (χ2n) is 5.23. The van der Waals surface area contributed by atoms with Gasteiger partial charge in [-0.2, -0.15) is 0 Å². The number of rotatable bonds is 3. The Morgan fingerprint density at radius 3 is 2.42 bits per heavy atom. The molecular formula is C14H17BrN2O2. The molecule has 102 valence electrons. The Labute approximate surface area is 121 Å². The summed E-state index contributed by atoms with van der Waals surface area (Å²) in [5.41, 5.74) is 1.42. The van der Waals surface area contributed by atoms with E-state index >= 15 is 0 Å². The number of carbonyl (C=O) groups is 1. The van der Waals surface area contributed by atoms with Crippen LogP contribution in [-0.4, -0.2) is 48.2 Å². The van der Waals surface area contributed by atoms with Crippen LogP contribution in [0.3, 0.4) is 0 Å². The van der Waals surface area contributed by atoms with Crippen LogP contribution in [0.25, 0.3) is 0 Å². The minimum atomic E-state index is -0.884. The van der Waals surface area contributed by atoms with Gasteiger partial charge in [-0.05, 0) is 47.0 Å². The summed E-state index contributed by atoms with van der Waals surface area (Å²) in [5, 5.41) is 8.97. The first-order chi connectivity index (χ1) is 9.15. The van der Waals surface area contributed by atoms with Crippen molar-refractivity contribution >= 4 is 27.6 Å². The Morgan fingerprint density at radius 1 is 1.21 bits per heavy atom. The summed E-state index contributed by atoms with van der Waals surface area (Å²) in [6, 6.07) is 6.10. The van der Waals surface area contributed by atoms with E-state index in [1.807, 2.05) is 6.07 Å². The lowest BCUT2D eigenvalue weighted by molar-refractivity contribution is 0.0697. The SMILES string of the molecule is O=C(O)c1ccc(N2CCN(C3CC3)CC2)c(Br)c1. The summed E-state index contributed by atoms with van der Waals surface area (Å²) in [6.07, 6.45) is 2.72. The molecule has 3 rings (SSSR count). The van der Waals surface area contributed by atoms with E-state index < -0.39 is 5.97 Å². The maximum absolute atomic E-state index is 10.9. The third-order valence-corrected chi connectivity index (χ3v) is 4.55. The number of anilines is 1. The second-order valence-corrected chi connectivity index (χ2v) is 6.08. The Morgan fingerprint density at radius 2 is 1.89 bits per heavy atom. The zero-order valence-corrected chi connectivity index (χ0v) is 12.3. The van der Waals surface area contributed by atoms with E-state index in [4.69, 9.17) is 5.11 Å². The van der Waals surface area contributed by atoms with Crippen LogP contribution in [0, 0.1) is 0 Å². The zero-order chi connectivity index (χ0) is 13.4. The first-order valence-corrected chi connectivity index (χ1v) is 7.46. The van der Waals surface area contributed by atoms with Crippen LogP contribution < -0.4 is 4.90 Å². The van der Waals surface area contributed by atoms with Crippen LogP contribution in [0.15, 0.2) is 22.7 Å². The summed E-state index contributed by atoms with van der Waals surface area (Å²) in [6.45, 7) is 4.25. The van der Waals surface area contributed by atoms with Crippen LogP contribution in [0.1, 0.15) is 23.2 Å². The number of halogens is 1. The second kappa shape index (κ2) is 5.13. The molecule has 2 aliphatic rings. The maximum atomic E-state index is 10.9. The number of benzene rings is 1. The van der Waals surface area contributed by atoms with Crippen molar-refractivity contribution in [3.8, 4) is 0 Å². The van der Waals surface area contributed by atoms with Crippen molar-refractivity contribution in [2.24, 2.45) is 0 Å². The Bertz CT molecular complexity index is 494. The van der Waals surface area contributed by atoms with Gasteiger partial charge in [0.15, 0.2) is 0 Å². The summed E-state index contributed by atoms with van der Waals surface area (Å²) >= 11 is 3.49. The van der Waals surface area contributed by atoms with E-state index in [-0.39, 0.29) is 0 Å². The average Bonchev–Trinajstić information content (AvgIpc) is 3.23. The number of piperazine rings is 1. The molecule has 0 atom stereocenters. The molecule has 0 unspecified atom stereocenters. The van der Waals surface area contributed by atoms with Gasteiger partial charge >= 0.3 is 5.97 Å². The van der Waals surface area contributed by atoms with Crippen molar-refractivity contribution in [1.29, 1.82) is 0 Å². The fourth-order valence-corrected chi connectivity index (χ4v) is 3.29. The molecule has 1 heterocycles. The molecule has 0 radical (unpaired) electrons. The minimum absolute atomic E-state index is 0.326. The van der Waals surface area contributed by atoms with E-state index in [2.05, 4.69) is 25.7 Å². The lowest BCUT2D eigenvalue weighted by atomic mass is 10.2. The smallest absolute Gasteiger partial charge is 0.335 e. The molecule has 1 saturated carbocycles. The van der Waals surface area contributed by atoms with Gasteiger partial charge in [0.1, 0.15) is 0 Å². The minimum Gasteiger partial charge on any atom is -0.478 e. The molecule has 5 heteroatoms.